The average molecular weight is 492 g/mol. The van der Waals surface area contributed by atoms with Crippen molar-refractivity contribution < 1.29 is 14.4 Å². The summed E-state index contributed by atoms with van der Waals surface area (Å²) in [5.74, 6) is 0.420. The Morgan fingerprint density at radius 1 is 0.778 bits per heavy atom. The highest BCUT2D eigenvalue weighted by Crippen LogP contribution is 2.31. The van der Waals surface area contributed by atoms with Crippen molar-refractivity contribution in [3.05, 3.63) is 64.3 Å². The van der Waals surface area contributed by atoms with Gasteiger partial charge in [0.05, 0.1) is 31.4 Å². The van der Waals surface area contributed by atoms with Gasteiger partial charge in [-0.25, -0.2) is 4.98 Å². The van der Waals surface area contributed by atoms with Crippen LogP contribution in [0.3, 0.4) is 0 Å². The summed E-state index contributed by atoms with van der Waals surface area (Å²) < 4.78 is 10.8. The second-order valence-electron chi connectivity index (χ2n) is 8.63. The van der Waals surface area contributed by atoms with Crippen LogP contribution < -0.4 is 20.4 Å². The lowest BCUT2D eigenvalue weighted by molar-refractivity contribution is -0.385. The van der Waals surface area contributed by atoms with Gasteiger partial charge in [0.2, 0.25) is 11.8 Å². The molecular weight excluding hydrogens is 462 g/mol. The summed E-state index contributed by atoms with van der Waals surface area (Å²) in [5, 5.41) is 18.1. The van der Waals surface area contributed by atoms with E-state index in [9.17, 15) is 10.1 Å². The summed E-state index contributed by atoms with van der Waals surface area (Å²) in [6.07, 6.45) is 0. The summed E-state index contributed by atoms with van der Waals surface area (Å²) in [6.45, 7) is 7.87. The van der Waals surface area contributed by atoms with Crippen LogP contribution in [0.4, 0.5) is 40.2 Å². The van der Waals surface area contributed by atoms with Crippen LogP contribution >= 0.6 is 0 Å². The van der Waals surface area contributed by atoms with Crippen LogP contribution in [0.1, 0.15) is 5.69 Å². The lowest BCUT2D eigenvalue weighted by atomic mass is 10.2. The van der Waals surface area contributed by atoms with Crippen molar-refractivity contribution in [1.82, 2.24) is 9.97 Å². The molecule has 3 aromatic rings. The summed E-state index contributed by atoms with van der Waals surface area (Å²) >= 11 is 0. The quantitative estimate of drug-likeness (QED) is 0.373. The van der Waals surface area contributed by atoms with Gasteiger partial charge in [0.25, 0.3) is 0 Å². The van der Waals surface area contributed by atoms with Crippen molar-refractivity contribution in [3.8, 4) is 0 Å². The first-order chi connectivity index (χ1) is 17.6. The number of rotatable bonds is 7. The number of hydrogen-bond donors (Lipinski definition) is 2. The molecule has 3 heterocycles. The highest BCUT2D eigenvalue weighted by Gasteiger charge is 2.23. The Kier molecular flexibility index (Phi) is 7.10. The SMILES string of the molecule is Cc1nc(Nc2ccc(N3CCOCC3)cc2)nc(Nc2ccc(N3CCOCC3)cc2)c1[N+](=O)[O-]. The van der Waals surface area contributed by atoms with Gasteiger partial charge in [-0.1, -0.05) is 0 Å². The Balaban J connectivity index is 1.33. The van der Waals surface area contributed by atoms with Crippen LogP contribution in [0, 0.1) is 17.0 Å². The Morgan fingerprint density at radius 2 is 1.25 bits per heavy atom. The summed E-state index contributed by atoms with van der Waals surface area (Å²) in [4.78, 5) is 24.6. The van der Waals surface area contributed by atoms with Gasteiger partial charge in [-0.05, 0) is 55.5 Å². The first kappa shape index (κ1) is 23.8. The van der Waals surface area contributed by atoms with Gasteiger partial charge in [-0.15, -0.1) is 0 Å². The van der Waals surface area contributed by atoms with E-state index in [0.717, 1.165) is 56.5 Å². The van der Waals surface area contributed by atoms with Crippen molar-refractivity contribution in [1.29, 1.82) is 0 Å². The predicted octanol–water partition coefficient (Wildman–Crippen LogP) is 3.85. The smallest absolute Gasteiger partial charge is 0.332 e. The molecule has 11 heteroatoms. The zero-order chi connectivity index (χ0) is 24.9. The number of nitro groups is 1. The molecular formula is C25H29N7O4. The molecule has 5 rings (SSSR count). The van der Waals surface area contributed by atoms with E-state index in [1.807, 2.05) is 48.5 Å². The van der Waals surface area contributed by atoms with E-state index in [-0.39, 0.29) is 23.1 Å². The van der Waals surface area contributed by atoms with Gasteiger partial charge in [-0.2, -0.15) is 4.98 Å². The normalized spacial score (nSPS) is 16.0. The van der Waals surface area contributed by atoms with Gasteiger partial charge < -0.3 is 29.9 Å². The van der Waals surface area contributed by atoms with E-state index in [1.54, 1.807) is 6.92 Å². The topological polar surface area (TPSA) is 118 Å². The minimum atomic E-state index is -0.458. The van der Waals surface area contributed by atoms with Crippen molar-refractivity contribution in [2.24, 2.45) is 0 Å². The first-order valence-electron chi connectivity index (χ1n) is 12.0. The Morgan fingerprint density at radius 3 is 1.72 bits per heavy atom. The van der Waals surface area contributed by atoms with Crippen LogP contribution in [0.25, 0.3) is 0 Å². The molecule has 0 aliphatic carbocycles. The largest absolute Gasteiger partial charge is 0.378 e. The van der Waals surface area contributed by atoms with Crippen molar-refractivity contribution in [2.75, 3.05) is 73.0 Å². The summed E-state index contributed by atoms with van der Waals surface area (Å²) in [5.41, 5.74) is 3.82. The molecule has 36 heavy (non-hydrogen) atoms. The maximum atomic E-state index is 11.8. The fraction of sp³-hybridized carbons (Fsp3) is 0.360. The summed E-state index contributed by atoms with van der Waals surface area (Å²) in [7, 11) is 0. The van der Waals surface area contributed by atoms with E-state index >= 15 is 0 Å². The van der Waals surface area contributed by atoms with Crippen molar-refractivity contribution in [2.45, 2.75) is 6.92 Å². The van der Waals surface area contributed by atoms with Crippen LogP contribution in [-0.2, 0) is 9.47 Å². The highest BCUT2D eigenvalue weighted by molar-refractivity contribution is 5.70. The molecule has 11 nitrogen and oxygen atoms in total. The monoisotopic (exact) mass is 491 g/mol. The highest BCUT2D eigenvalue weighted by atomic mass is 16.6. The zero-order valence-electron chi connectivity index (χ0n) is 20.1. The number of morpholine rings is 2. The fourth-order valence-electron chi connectivity index (χ4n) is 4.35. The second kappa shape index (κ2) is 10.8. The minimum absolute atomic E-state index is 0.138. The third kappa shape index (κ3) is 5.47. The van der Waals surface area contributed by atoms with E-state index in [4.69, 9.17) is 9.47 Å². The average Bonchev–Trinajstić information content (AvgIpc) is 2.90. The molecule has 0 atom stereocenters. The van der Waals surface area contributed by atoms with E-state index in [1.165, 1.54) is 0 Å². The molecule has 2 aliphatic heterocycles. The number of hydrogen-bond acceptors (Lipinski definition) is 10. The van der Waals surface area contributed by atoms with Crippen molar-refractivity contribution >= 4 is 40.2 Å². The van der Waals surface area contributed by atoms with Crippen LogP contribution in [0.15, 0.2) is 48.5 Å². The molecule has 2 aliphatic rings. The van der Waals surface area contributed by atoms with E-state index in [0.29, 0.717) is 18.9 Å². The van der Waals surface area contributed by atoms with Gasteiger partial charge in [-0.3, -0.25) is 10.1 Å². The maximum Gasteiger partial charge on any atom is 0.332 e. The second-order valence-corrected chi connectivity index (χ2v) is 8.63. The number of aryl methyl sites for hydroxylation is 1. The number of nitrogens with one attached hydrogen (secondary N) is 2. The minimum Gasteiger partial charge on any atom is -0.378 e. The number of benzene rings is 2. The van der Waals surface area contributed by atoms with Gasteiger partial charge in [0.1, 0.15) is 5.69 Å². The fourth-order valence-corrected chi connectivity index (χ4v) is 4.35. The molecule has 2 fully saturated rings. The molecule has 0 bridgehead atoms. The summed E-state index contributed by atoms with van der Waals surface area (Å²) in [6, 6.07) is 15.7. The molecule has 0 amide bonds. The molecule has 188 valence electrons. The third-order valence-electron chi connectivity index (χ3n) is 6.25. The molecule has 1 aromatic heterocycles. The van der Waals surface area contributed by atoms with Crippen molar-refractivity contribution in [3.63, 3.8) is 0 Å². The lowest BCUT2D eigenvalue weighted by Gasteiger charge is -2.29. The molecule has 0 radical (unpaired) electrons. The van der Waals surface area contributed by atoms with Crippen LogP contribution in [0.5, 0.6) is 0 Å². The number of anilines is 6. The Bertz CT molecular complexity index is 1190. The van der Waals surface area contributed by atoms with Gasteiger partial charge >= 0.3 is 5.69 Å². The molecule has 0 unspecified atom stereocenters. The van der Waals surface area contributed by atoms with E-state index < -0.39 is 4.92 Å². The van der Waals surface area contributed by atoms with Crippen LogP contribution in [-0.4, -0.2) is 67.5 Å². The predicted molar refractivity (Wildman–Crippen MR) is 139 cm³/mol. The van der Waals surface area contributed by atoms with Gasteiger partial charge in [0.15, 0.2) is 0 Å². The maximum absolute atomic E-state index is 11.8. The molecule has 0 spiro atoms. The van der Waals surface area contributed by atoms with Gasteiger partial charge in [0, 0.05) is 48.9 Å². The molecule has 2 aromatic carbocycles. The first-order valence-corrected chi connectivity index (χ1v) is 12.0. The molecule has 2 saturated heterocycles. The van der Waals surface area contributed by atoms with E-state index in [2.05, 4.69) is 30.4 Å². The molecule has 0 saturated carbocycles. The number of aromatic nitrogens is 2. The number of ether oxygens (including phenoxy) is 2. The number of nitrogens with zero attached hydrogens (tertiary/aromatic N) is 5. The molecule has 2 N–H and O–H groups in total. The van der Waals surface area contributed by atoms with Crippen LogP contribution in [0.2, 0.25) is 0 Å². The third-order valence-corrected chi connectivity index (χ3v) is 6.25. The zero-order valence-corrected chi connectivity index (χ0v) is 20.1. The Hall–Kier alpha value is -3.96. The standard InChI is InChI=1S/C25H29N7O4/c1-18-23(32(33)34)24(27-19-2-6-21(7-3-19)30-10-14-35-15-11-30)29-25(26-18)28-20-4-8-22(9-5-20)31-12-16-36-17-13-31/h2-9H,10-17H2,1H3,(H2,26,27,28,29). The Labute approximate surface area is 209 Å². The lowest BCUT2D eigenvalue weighted by Crippen LogP contribution is -2.36.